The molecule has 2 atom stereocenters. The molecule has 0 saturated heterocycles. The quantitative estimate of drug-likeness (QED) is 0.294. The van der Waals surface area contributed by atoms with Crippen LogP contribution >= 0.6 is 0 Å². The van der Waals surface area contributed by atoms with Crippen LogP contribution in [0.1, 0.15) is 12.5 Å². The Kier molecular flexibility index (Phi) is 6.75. The predicted molar refractivity (Wildman–Crippen MR) is 104 cm³/mol. The molecule has 0 fully saturated rings. The number of thiol groups is 1. The summed E-state index contributed by atoms with van der Waals surface area (Å²) in [4.78, 5) is 0.151. The molecular formula is C18H23N3O5S. The first-order valence-corrected chi connectivity index (χ1v) is 9.31. The van der Waals surface area contributed by atoms with Crippen LogP contribution in [0.3, 0.4) is 0 Å². The summed E-state index contributed by atoms with van der Waals surface area (Å²) in [6, 6.07) is 4.72. The van der Waals surface area contributed by atoms with Gasteiger partial charge in [-0.25, -0.2) is 8.42 Å². The Morgan fingerprint density at radius 3 is 2.67 bits per heavy atom. The van der Waals surface area contributed by atoms with Crippen LogP contribution in [0.4, 0.5) is 0 Å². The second kappa shape index (κ2) is 8.83. The van der Waals surface area contributed by atoms with Crippen molar-refractivity contribution < 1.29 is 23.0 Å². The summed E-state index contributed by atoms with van der Waals surface area (Å²) < 4.78 is 33.8. The highest BCUT2D eigenvalue weighted by molar-refractivity contribution is 7.76. The Balaban J connectivity index is 2.28. The molecule has 0 bridgehead atoms. The van der Waals surface area contributed by atoms with Gasteiger partial charge in [-0.15, -0.1) is 0 Å². The van der Waals surface area contributed by atoms with Crippen molar-refractivity contribution in [3.8, 4) is 11.5 Å². The first kappa shape index (κ1) is 20.7. The van der Waals surface area contributed by atoms with Gasteiger partial charge in [-0.2, -0.15) is 5.10 Å². The zero-order valence-electron chi connectivity index (χ0n) is 15.5. The maximum Gasteiger partial charge on any atom is 0.165 e. The van der Waals surface area contributed by atoms with Crippen LogP contribution in [0.5, 0.6) is 11.5 Å². The van der Waals surface area contributed by atoms with Crippen molar-refractivity contribution in [3.63, 3.8) is 0 Å². The predicted octanol–water partition coefficient (Wildman–Crippen LogP) is 1.73. The van der Waals surface area contributed by atoms with E-state index in [-0.39, 0.29) is 28.2 Å². The molecule has 0 saturated carbocycles. The molecule has 2 rings (SSSR count). The standard InChI is InChI=1S/C18H23N3O5S/c1-11-15(25-3)8-6-13(17(11)27(23)24)18(19)21(2)20-10-12-5-7-14(22)16(9-12)26-4/h5-11,15,19,22,27H,1-4H3/b19-18?,20-10+. The minimum absolute atomic E-state index is 0.0128. The lowest BCUT2D eigenvalue weighted by Crippen LogP contribution is -2.30. The lowest BCUT2D eigenvalue weighted by atomic mass is 9.94. The van der Waals surface area contributed by atoms with Crippen molar-refractivity contribution in [2.24, 2.45) is 11.0 Å². The van der Waals surface area contributed by atoms with Crippen molar-refractivity contribution in [1.82, 2.24) is 5.01 Å². The third-order valence-corrected chi connectivity index (χ3v) is 5.33. The van der Waals surface area contributed by atoms with E-state index in [1.54, 1.807) is 38.3 Å². The summed E-state index contributed by atoms with van der Waals surface area (Å²) in [5.41, 5.74) is 0.940. The number of nitrogens with zero attached hydrogens (tertiary/aromatic N) is 2. The van der Waals surface area contributed by atoms with Gasteiger partial charge in [-0.3, -0.25) is 10.4 Å². The molecule has 146 valence electrons. The average molecular weight is 393 g/mol. The van der Waals surface area contributed by atoms with Gasteiger partial charge < -0.3 is 14.6 Å². The Morgan fingerprint density at radius 1 is 1.37 bits per heavy atom. The van der Waals surface area contributed by atoms with Crippen LogP contribution in [0.2, 0.25) is 0 Å². The highest BCUT2D eigenvalue weighted by Crippen LogP contribution is 2.29. The molecule has 0 spiro atoms. The van der Waals surface area contributed by atoms with Gasteiger partial charge in [0.1, 0.15) is 5.84 Å². The summed E-state index contributed by atoms with van der Waals surface area (Å²) >= 11 is 0. The smallest absolute Gasteiger partial charge is 0.165 e. The van der Waals surface area contributed by atoms with Crippen LogP contribution in [-0.4, -0.2) is 58.0 Å². The van der Waals surface area contributed by atoms with Gasteiger partial charge in [0.15, 0.2) is 22.2 Å². The van der Waals surface area contributed by atoms with Crippen LogP contribution in [0, 0.1) is 11.3 Å². The van der Waals surface area contributed by atoms with E-state index in [4.69, 9.17) is 14.9 Å². The number of phenolic OH excluding ortho intramolecular Hbond substituents is 1. The van der Waals surface area contributed by atoms with Gasteiger partial charge in [0.25, 0.3) is 0 Å². The minimum atomic E-state index is -2.87. The van der Waals surface area contributed by atoms with E-state index < -0.39 is 16.6 Å². The fourth-order valence-electron chi connectivity index (χ4n) is 2.75. The van der Waals surface area contributed by atoms with Gasteiger partial charge in [-0.05, 0) is 23.8 Å². The van der Waals surface area contributed by atoms with E-state index in [2.05, 4.69) is 5.10 Å². The topological polar surface area (TPSA) is 112 Å². The minimum Gasteiger partial charge on any atom is -0.504 e. The van der Waals surface area contributed by atoms with E-state index in [0.29, 0.717) is 11.3 Å². The van der Waals surface area contributed by atoms with Crippen molar-refractivity contribution in [1.29, 1.82) is 5.41 Å². The van der Waals surface area contributed by atoms with E-state index in [9.17, 15) is 13.5 Å². The molecule has 2 N–H and O–H groups in total. The van der Waals surface area contributed by atoms with E-state index in [0.717, 1.165) is 0 Å². The zero-order chi connectivity index (χ0) is 20.1. The number of methoxy groups -OCH3 is 2. The lowest BCUT2D eigenvalue weighted by Gasteiger charge is -2.27. The number of ether oxygens (including phenoxy) is 2. The Labute approximate surface area is 159 Å². The molecule has 0 amide bonds. The maximum atomic E-state index is 11.7. The lowest BCUT2D eigenvalue weighted by molar-refractivity contribution is 0.110. The molecule has 27 heavy (non-hydrogen) atoms. The number of hydrogen-bond donors (Lipinski definition) is 3. The van der Waals surface area contributed by atoms with E-state index >= 15 is 0 Å². The van der Waals surface area contributed by atoms with Gasteiger partial charge >= 0.3 is 0 Å². The van der Waals surface area contributed by atoms with Crippen LogP contribution < -0.4 is 4.74 Å². The SMILES string of the molecule is COc1cc(/C=N/N(C)C(=N)C2=C([SH](=O)=O)C(C)C(OC)C=C2)ccc1O. The molecule has 9 heteroatoms. The normalized spacial score (nSPS) is 19.7. The fourth-order valence-corrected chi connectivity index (χ4v) is 3.61. The highest BCUT2D eigenvalue weighted by atomic mass is 32.2. The number of amidine groups is 1. The van der Waals surface area contributed by atoms with Gasteiger partial charge in [-0.1, -0.05) is 19.1 Å². The summed E-state index contributed by atoms with van der Waals surface area (Å²) in [7, 11) is 1.65. The number of likely N-dealkylation sites (N-methyl/N-ethyl adjacent to an activating group) is 1. The number of aromatic hydroxyl groups is 1. The highest BCUT2D eigenvalue weighted by Gasteiger charge is 2.29. The van der Waals surface area contributed by atoms with E-state index in [1.807, 2.05) is 0 Å². The van der Waals surface area contributed by atoms with Crippen LogP contribution in [0.25, 0.3) is 0 Å². The second-order valence-electron chi connectivity index (χ2n) is 5.95. The van der Waals surface area contributed by atoms with Gasteiger partial charge in [0.05, 0.1) is 24.3 Å². The number of nitrogens with one attached hydrogen (secondary N) is 1. The Morgan fingerprint density at radius 2 is 2.07 bits per heavy atom. The van der Waals surface area contributed by atoms with Crippen LogP contribution in [0.15, 0.2) is 45.9 Å². The van der Waals surface area contributed by atoms with Gasteiger partial charge in [0.2, 0.25) is 0 Å². The number of benzene rings is 1. The zero-order valence-corrected chi connectivity index (χ0v) is 16.4. The molecule has 1 aromatic rings. The monoisotopic (exact) mass is 393 g/mol. The van der Waals surface area contributed by atoms with E-state index in [1.165, 1.54) is 31.5 Å². The molecule has 0 radical (unpaired) electrons. The summed E-state index contributed by atoms with van der Waals surface area (Å²) in [5, 5.41) is 23.4. The molecule has 0 aliphatic heterocycles. The third kappa shape index (κ3) is 4.55. The largest absolute Gasteiger partial charge is 0.504 e. The molecule has 2 unspecified atom stereocenters. The number of hydrogen-bond acceptors (Lipinski definition) is 7. The summed E-state index contributed by atoms with van der Waals surface area (Å²) in [5.74, 6) is -0.127. The Bertz CT molecular complexity index is 881. The average Bonchev–Trinajstić information content (AvgIpc) is 2.65. The first-order chi connectivity index (χ1) is 12.8. The molecule has 0 aromatic heterocycles. The molecule has 8 nitrogen and oxygen atoms in total. The molecule has 1 aliphatic carbocycles. The molecule has 1 aromatic carbocycles. The molecule has 0 heterocycles. The second-order valence-corrected chi connectivity index (χ2v) is 6.95. The summed E-state index contributed by atoms with van der Waals surface area (Å²) in [6.45, 7) is 1.75. The van der Waals surface area contributed by atoms with Crippen molar-refractivity contribution in [2.75, 3.05) is 21.3 Å². The van der Waals surface area contributed by atoms with Crippen molar-refractivity contribution >= 4 is 22.8 Å². The summed E-state index contributed by atoms with van der Waals surface area (Å²) in [6.07, 6.45) is 4.44. The van der Waals surface area contributed by atoms with Crippen LogP contribution in [-0.2, 0) is 15.4 Å². The fraction of sp³-hybridized carbons (Fsp3) is 0.333. The maximum absolute atomic E-state index is 11.7. The number of rotatable bonds is 6. The van der Waals surface area contributed by atoms with Crippen molar-refractivity contribution in [3.05, 3.63) is 46.4 Å². The molecule has 1 aliphatic rings. The molecular weight excluding hydrogens is 370 g/mol. The van der Waals surface area contributed by atoms with Crippen molar-refractivity contribution in [2.45, 2.75) is 13.0 Å². The number of phenols is 1. The number of hydrazone groups is 1. The van der Waals surface area contributed by atoms with Gasteiger partial charge in [0, 0.05) is 25.6 Å². The Hall–Kier alpha value is -2.65. The first-order valence-electron chi connectivity index (χ1n) is 8.13. The third-order valence-electron chi connectivity index (χ3n) is 4.28.